The number of carboxylic acids is 1. The van der Waals surface area contributed by atoms with Gasteiger partial charge in [-0.25, -0.2) is 0 Å². The molecule has 5 nitrogen and oxygen atoms in total. The fourth-order valence-corrected chi connectivity index (χ4v) is 1.73. The third-order valence-corrected chi connectivity index (χ3v) is 2.54. The van der Waals surface area contributed by atoms with Crippen molar-refractivity contribution in [2.24, 2.45) is 0 Å². The van der Waals surface area contributed by atoms with Gasteiger partial charge in [0.1, 0.15) is 19.0 Å². The SMILES string of the molecule is COc1cc2c(cc1CCC(=O)[O-])OCCO2. The van der Waals surface area contributed by atoms with Crippen molar-refractivity contribution in [3.8, 4) is 17.2 Å². The van der Waals surface area contributed by atoms with E-state index in [1.807, 2.05) is 0 Å². The fraction of sp³-hybridized carbons (Fsp3) is 0.417. The van der Waals surface area contributed by atoms with Gasteiger partial charge < -0.3 is 24.1 Å². The lowest BCUT2D eigenvalue weighted by Crippen LogP contribution is -2.22. The lowest BCUT2D eigenvalue weighted by molar-refractivity contribution is -0.305. The molecule has 0 amide bonds. The number of methoxy groups -OCH3 is 1. The van der Waals surface area contributed by atoms with E-state index >= 15 is 0 Å². The summed E-state index contributed by atoms with van der Waals surface area (Å²) in [4.78, 5) is 10.5. The molecule has 0 unspecified atom stereocenters. The molecule has 0 N–H and O–H groups in total. The highest BCUT2D eigenvalue weighted by Gasteiger charge is 2.16. The highest BCUT2D eigenvalue weighted by atomic mass is 16.6. The van der Waals surface area contributed by atoms with E-state index in [1.165, 1.54) is 7.11 Å². The van der Waals surface area contributed by atoms with Crippen LogP contribution in [-0.2, 0) is 11.2 Å². The van der Waals surface area contributed by atoms with E-state index < -0.39 is 5.97 Å². The van der Waals surface area contributed by atoms with E-state index in [0.29, 0.717) is 36.9 Å². The summed E-state index contributed by atoms with van der Waals surface area (Å²) in [5.74, 6) is 0.785. The van der Waals surface area contributed by atoms with Crippen molar-refractivity contribution in [3.05, 3.63) is 17.7 Å². The monoisotopic (exact) mass is 237 g/mol. The Hall–Kier alpha value is -1.91. The molecule has 1 aliphatic heterocycles. The number of carboxylic acid groups (broad SMARTS) is 1. The molecule has 0 saturated heterocycles. The molecule has 0 radical (unpaired) electrons. The number of rotatable bonds is 4. The van der Waals surface area contributed by atoms with Crippen LogP contribution >= 0.6 is 0 Å². The number of aliphatic carboxylic acids is 1. The van der Waals surface area contributed by atoms with Crippen molar-refractivity contribution in [3.63, 3.8) is 0 Å². The molecule has 0 fully saturated rings. The normalized spacial score (nSPS) is 13.2. The third-order valence-electron chi connectivity index (χ3n) is 2.54. The molecule has 17 heavy (non-hydrogen) atoms. The lowest BCUT2D eigenvalue weighted by Gasteiger charge is -2.20. The Morgan fingerprint density at radius 2 is 2.00 bits per heavy atom. The highest BCUT2D eigenvalue weighted by molar-refractivity contribution is 5.65. The molecule has 1 heterocycles. The summed E-state index contributed by atoms with van der Waals surface area (Å²) in [6.45, 7) is 1.01. The van der Waals surface area contributed by atoms with E-state index in [4.69, 9.17) is 14.2 Å². The zero-order chi connectivity index (χ0) is 12.3. The molecule has 2 rings (SSSR count). The van der Waals surface area contributed by atoms with Gasteiger partial charge in [0.2, 0.25) is 0 Å². The molecule has 0 aliphatic carbocycles. The smallest absolute Gasteiger partial charge is 0.165 e. The van der Waals surface area contributed by atoms with Crippen LogP contribution in [0.4, 0.5) is 0 Å². The zero-order valence-electron chi connectivity index (χ0n) is 9.52. The largest absolute Gasteiger partial charge is 0.550 e. The van der Waals surface area contributed by atoms with Crippen molar-refractivity contribution >= 4 is 5.97 Å². The number of carbonyl (C=O) groups excluding carboxylic acids is 1. The minimum Gasteiger partial charge on any atom is -0.550 e. The van der Waals surface area contributed by atoms with Gasteiger partial charge >= 0.3 is 0 Å². The number of aryl methyl sites for hydroxylation is 1. The van der Waals surface area contributed by atoms with Crippen LogP contribution < -0.4 is 19.3 Å². The maximum atomic E-state index is 10.5. The maximum Gasteiger partial charge on any atom is 0.165 e. The molecule has 92 valence electrons. The van der Waals surface area contributed by atoms with Gasteiger partial charge in [-0.05, 0) is 24.5 Å². The van der Waals surface area contributed by atoms with Gasteiger partial charge in [-0.1, -0.05) is 0 Å². The summed E-state index contributed by atoms with van der Waals surface area (Å²) in [5, 5.41) is 10.5. The van der Waals surface area contributed by atoms with E-state index in [1.54, 1.807) is 12.1 Å². The van der Waals surface area contributed by atoms with Crippen LogP contribution in [0.5, 0.6) is 17.2 Å². The van der Waals surface area contributed by atoms with Crippen molar-refractivity contribution in [2.45, 2.75) is 12.8 Å². The van der Waals surface area contributed by atoms with Crippen LogP contribution in [0.1, 0.15) is 12.0 Å². The number of benzene rings is 1. The third kappa shape index (κ3) is 2.61. The Morgan fingerprint density at radius 1 is 1.35 bits per heavy atom. The van der Waals surface area contributed by atoms with Crippen molar-refractivity contribution in [1.29, 1.82) is 0 Å². The predicted molar refractivity (Wildman–Crippen MR) is 57.3 cm³/mol. The Balaban J connectivity index is 2.26. The Bertz CT molecular complexity index is 427. The Kier molecular flexibility index (Phi) is 3.37. The zero-order valence-corrected chi connectivity index (χ0v) is 9.52. The van der Waals surface area contributed by atoms with Gasteiger partial charge in [0.05, 0.1) is 7.11 Å². The van der Waals surface area contributed by atoms with Gasteiger partial charge in [-0.2, -0.15) is 0 Å². The first-order valence-corrected chi connectivity index (χ1v) is 5.37. The first-order valence-electron chi connectivity index (χ1n) is 5.37. The number of hydrogen-bond acceptors (Lipinski definition) is 5. The first-order chi connectivity index (χ1) is 8.20. The number of ether oxygens (including phenoxy) is 3. The molecular formula is C12H13O5-. The van der Waals surface area contributed by atoms with Gasteiger partial charge in [-0.15, -0.1) is 0 Å². The average Bonchev–Trinajstić information content (AvgIpc) is 2.35. The van der Waals surface area contributed by atoms with Crippen LogP contribution in [0.15, 0.2) is 12.1 Å². The quantitative estimate of drug-likeness (QED) is 0.745. The van der Waals surface area contributed by atoms with Crippen molar-refractivity contribution in [1.82, 2.24) is 0 Å². The van der Waals surface area contributed by atoms with Gasteiger partial charge in [0.25, 0.3) is 0 Å². The predicted octanol–water partition coefficient (Wildman–Crippen LogP) is 0.149. The minimum absolute atomic E-state index is 0.0456. The minimum atomic E-state index is -1.08. The van der Waals surface area contributed by atoms with Gasteiger partial charge in [0, 0.05) is 12.0 Å². The van der Waals surface area contributed by atoms with Gasteiger partial charge in [0.15, 0.2) is 11.5 Å². The van der Waals surface area contributed by atoms with E-state index in [0.717, 1.165) is 5.56 Å². The Morgan fingerprint density at radius 3 is 2.59 bits per heavy atom. The molecule has 1 aliphatic rings. The highest BCUT2D eigenvalue weighted by Crippen LogP contribution is 2.37. The molecule has 0 saturated carbocycles. The summed E-state index contributed by atoms with van der Waals surface area (Å²) < 4.78 is 16.0. The molecule has 0 atom stereocenters. The van der Waals surface area contributed by atoms with E-state index in [2.05, 4.69) is 0 Å². The van der Waals surface area contributed by atoms with Crippen LogP contribution in [0.3, 0.4) is 0 Å². The summed E-state index contributed by atoms with van der Waals surface area (Å²) >= 11 is 0. The van der Waals surface area contributed by atoms with Crippen LogP contribution in [-0.4, -0.2) is 26.3 Å². The molecule has 5 heteroatoms. The number of hydrogen-bond donors (Lipinski definition) is 0. The average molecular weight is 237 g/mol. The first kappa shape index (κ1) is 11.6. The second-order valence-corrected chi connectivity index (χ2v) is 3.68. The number of fused-ring (bicyclic) bond motifs is 1. The summed E-state index contributed by atoms with van der Waals surface area (Å²) in [6.07, 6.45) is 0.304. The fourth-order valence-electron chi connectivity index (χ4n) is 1.73. The van der Waals surface area contributed by atoms with Crippen LogP contribution in [0, 0.1) is 0 Å². The standard InChI is InChI=1S/C12H14O5/c1-15-9-7-11-10(16-4-5-17-11)6-8(9)2-3-12(13)14/h6-7H,2-5H2,1H3,(H,13,14)/p-1. The Labute approximate surface area is 98.9 Å². The second kappa shape index (κ2) is 4.95. The van der Waals surface area contributed by atoms with E-state index in [-0.39, 0.29) is 6.42 Å². The lowest BCUT2D eigenvalue weighted by atomic mass is 10.1. The number of carbonyl (C=O) groups is 1. The van der Waals surface area contributed by atoms with Crippen LogP contribution in [0.2, 0.25) is 0 Å². The van der Waals surface area contributed by atoms with Crippen molar-refractivity contribution in [2.75, 3.05) is 20.3 Å². The molecule has 0 spiro atoms. The molecule has 0 bridgehead atoms. The summed E-state index contributed by atoms with van der Waals surface area (Å²) in [6, 6.07) is 3.48. The summed E-state index contributed by atoms with van der Waals surface area (Å²) in [5.41, 5.74) is 0.779. The molecule has 0 aromatic heterocycles. The topological polar surface area (TPSA) is 67.8 Å². The summed E-state index contributed by atoms with van der Waals surface area (Å²) in [7, 11) is 1.54. The van der Waals surface area contributed by atoms with E-state index in [9.17, 15) is 9.90 Å². The second-order valence-electron chi connectivity index (χ2n) is 3.68. The van der Waals surface area contributed by atoms with Crippen LogP contribution in [0.25, 0.3) is 0 Å². The molecular weight excluding hydrogens is 224 g/mol. The molecule has 1 aromatic rings. The van der Waals surface area contributed by atoms with Crippen molar-refractivity contribution < 1.29 is 24.1 Å². The molecule has 1 aromatic carbocycles. The van der Waals surface area contributed by atoms with Gasteiger partial charge in [-0.3, -0.25) is 0 Å². The maximum absolute atomic E-state index is 10.5.